The van der Waals surface area contributed by atoms with Gasteiger partial charge < -0.3 is 4.84 Å². The van der Waals surface area contributed by atoms with Crippen molar-refractivity contribution in [1.29, 1.82) is 0 Å². The van der Waals surface area contributed by atoms with Crippen LogP contribution < -0.4 is 0 Å². The normalized spacial score (nSPS) is 10.7. The van der Waals surface area contributed by atoms with Gasteiger partial charge in [-0.15, -0.1) is 11.8 Å². The zero-order valence-electron chi connectivity index (χ0n) is 14.4. The lowest BCUT2D eigenvalue weighted by atomic mass is 10.1. The first-order chi connectivity index (χ1) is 12.9. The van der Waals surface area contributed by atoms with E-state index in [9.17, 15) is 0 Å². The van der Waals surface area contributed by atoms with Crippen molar-refractivity contribution in [3.8, 4) is 0 Å². The summed E-state index contributed by atoms with van der Waals surface area (Å²) in [5.74, 6) is 0.572. The zero-order chi connectivity index (χ0) is 18.0. The lowest BCUT2D eigenvalue weighted by Crippen LogP contribution is -1.86. The SMILES string of the molecule is CSCON=Cc1ccc2cccnc2c1.c1ccc2ncccc2c1. The molecule has 0 aliphatic heterocycles. The number of thioether (sulfide) groups is 1. The summed E-state index contributed by atoms with van der Waals surface area (Å²) < 4.78 is 0. The maximum atomic E-state index is 5.01. The van der Waals surface area contributed by atoms with Crippen molar-refractivity contribution in [2.45, 2.75) is 0 Å². The van der Waals surface area contributed by atoms with Crippen LogP contribution in [0.25, 0.3) is 21.8 Å². The number of fused-ring (bicyclic) bond motifs is 2. The molecule has 0 radical (unpaired) electrons. The van der Waals surface area contributed by atoms with Gasteiger partial charge >= 0.3 is 0 Å². The molecule has 0 amide bonds. The number of benzene rings is 2. The summed E-state index contributed by atoms with van der Waals surface area (Å²) in [6.45, 7) is 0. The van der Waals surface area contributed by atoms with Crippen molar-refractivity contribution in [3.05, 3.63) is 84.7 Å². The van der Waals surface area contributed by atoms with E-state index in [4.69, 9.17) is 4.84 Å². The van der Waals surface area contributed by atoms with Gasteiger partial charge in [0.1, 0.15) is 0 Å². The van der Waals surface area contributed by atoms with Crippen LogP contribution in [0.5, 0.6) is 0 Å². The van der Waals surface area contributed by atoms with Crippen LogP contribution in [-0.4, -0.2) is 28.4 Å². The molecule has 4 aromatic rings. The van der Waals surface area contributed by atoms with Gasteiger partial charge in [0.05, 0.1) is 17.2 Å². The highest BCUT2D eigenvalue weighted by molar-refractivity contribution is 7.98. The lowest BCUT2D eigenvalue weighted by molar-refractivity contribution is 0.199. The van der Waals surface area contributed by atoms with Crippen LogP contribution in [0.15, 0.2) is 84.3 Å². The van der Waals surface area contributed by atoms with Crippen LogP contribution in [0.3, 0.4) is 0 Å². The van der Waals surface area contributed by atoms with E-state index < -0.39 is 0 Å². The Kier molecular flexibility index (Phi) is 6.56. The van der Waals surface area contributed by atoms with Gasteiger partial charge in [-0.3, -0.25) is 9.97 Å². The largest absolute Gasteiger partial charge is 0.385 e. The molecular formula is C21H19N3OS. The van der Waals surface area contributed by atoms with Crippen LogP contribution in [0.1, 0.15) is 5.56 Å². The predicted octanol–water partition coefficient (Wildman–Crippen LogP) is 5.14. The van der Waals surface area contributed by atoms with E-state index in [0.29, 0.717) is 5.94 Å². The number of hydrogen-bond donors (Lipinski definition) is 0. The number of pyridine rings is 2. The van der Waals surface area contributed by atoms with Gasteiger partial charge in [-0.05, 0) is 36.1 Å². The average molecular weight is 361 g/mol. The molecule has 26 heavy (non-hydrogen) atoms. The van der Waals surface area contributed by atoms with E-state index in [1.54, 1.807) is 24.2 Å². The molecule has 4 nitrogen and oxygen atoms in total. The first kappa shape index (κ1) is 17.9. The molecule has 4 rings (SSSR count). The summed E-state index contributed by atoms with van der Waals surface area (Å²) in [6.07, 6.45) is 7.26. The Labute approximate surface area is 156 Å². The van der Waals surface area contributed by atoms with Gasteiger partial charge in [0.2, 0.25) is 0 Å². The predicted molar refractivity (Wildman–Crippen MR) is 111 cm³/mol. The summed E-state index contributed by atoms with van der Waals surface area (Å²) in [5.41, 5.74) is 3.02. The van der Waals surface area contributed by atoms with Crippen molar-refractivity contribution in [2.24, 2.45) is 5.16 Å². The molecule has 0 saturated heterocycles. The highest BCUT2D eigenvalue weighted by atomic mass is 32.2. The molecule has 130 valence electrons. The maximum Gasteiger partial charge on any atom is 0.162 e. The van der Waals surface area contributed by atoms with Crippen LogP contribution in [0, 0.1) is 0 Å². The fourth-order valence-electron chi connectivity index (χ4n) is 2.36. The van der Waals surface area contributed by atoms with Gasteiger partial charge in [0, 0.05) is 23.2 Å². The summed E-state index contributed by atoms with van der Waals surface area (Å²) in [7, 11) is 0. The van der Waals surface area contributed by atoms with Crippen molar-refractivity contribution >= 4 is 39.8 Å². The minimum Gasteiger partial charge on any atom is -0.385 e. The van der Waals surface area contributed by atoms with E-state index in [2.05, 4.69) is 27.3 Å². The Bertz CT molecular complexity index is 939. The second-order valence-electron chi connectivity index (χ2n) is 5.42. The first-order valence-electron chi connectivity index (χ1n) is 8.15. The molecule has 0 atom stereocenters. The van der Waals surface area contributed by atoms with E-state index in [1.807, 2.05) is 67.0 Å². The van der Waals surface area contributed by atoms with Crippen LogP contribution in [0.2, 0.25) is 0 Å². The van der Waals surface area contributed by atoms with E-state index in [1.165, 1.54) is 5.39 Å². The van der Waals surface area contributed by atoms with Gasteiger partial charge in [-0.2, -0.15) is 0 Å². The number of oxime groups is 1. The minimum absolute atomic E-state index is 0.572. The number of nitrogens with zero attached hydrogens (tertiary/aromatic N) is 3. The molecule has 0 aliphatic carbocycles. The van der Waals surface area contributed by atoms with E-state index in [-0.39, 0.29) is 0 Å². The van der Waals surface area contributed by atoms with Gasteiger partial charge in [0.25, 0.3) is 0 Å². The number of rotatable bonds is 4. The monoisotopic (exact) mass is 361 g/mol. The Balaban J connectivity index is 0.000000167. The molecule has 2 heterocycles. The lowest BCUT2D eigenvalue weighted by Gasteiger charge is -1.98. The molecule has 0 unspecified atom stereocenters. The van der Waals surface area contributed by atoms with Gasteiger partial charge in [0.15, 0.2) is 5.94 Å². The molecule has 0 fully saturated rings. The maximum absolute atomic E-state index is 5.01. The summed E-state index contributed by atoms with van der Waals surface area (Å²) in [6, 6.07) is 22.1. The topological polar surface area (TPSA) is 47.4 Å². The average Bonchev–Trinajstić information content (AvgIpc) is 2.72. The molecule has 2 aromatic heterocycles. The van der Waals surface area contributed by atoms with E-state index in [0.717, 1.165) is 22.0 Å². The fourth-order valence-corrected chi connectivity index (χ4v) is 2.53. The second-order valence-corrected chi connectivity index (χ2v) is 6.23. The fraction of sp³-hybridized carbons (Fsp3) is 0.0952. The molecule has 0 spiro atoms. The second kappa shape index (κ2) is 9.53. The zero-order valence-corrected chi connectivity index (χ0v) is 15.3. The summed E-state index contributed by atoms with van der Waals surface area (Å²) >= 11 is 1.59. The van der Waals surface area contributed by atoms with Crippen molar-refractivity contribution in [2.75, 3.05) is 12.2 Å². The Morgan fingerprint density at radius 3 is 2.35 bits per heavy atom. The van der Waals surface area contributed by atoms with Crippen LogP contribution in [0.4, 0.5) is 0 Å². The van der Waals surface area contributed by atoms with Crippen molar-refractivity contribution in [1.82, 2.24) is 9.97 Å². The third-order valence-corrected chi connectivity index (χ3v) is 3.93. The van der Waals surface area contributed by atoms with Crippen LogP contribution in [-0.2, 0) is 4.84 Å². The molecule has 5 heteroatoms. The highest BCUT2D eigenvalue weighted by Gasteiger charge is 1.94. The molecule has 2 aromatic carbocycles. The van der Waals surface area contributed by atoms with Crippen molar-refractivity contribution < 1.29 is 4.84 Å². The van der Waals surface area contributed by atoms with Crippen molar-refractivity contribution in [3.63, 3.8) is 0 Å². The first-order valence-corrected chi connectivity index (χ1v) is 9.55. The quantitative estimate of drug-likeness (QED) is 0.218. The Hall–Kier alpha value is -2.92. The third kappa shape index (κ3) is 5.04. The number of aromatic nitrogens is 2. The standard InChI is InChI=1S/C12H12N2OS.C9H7N/c1-16-9-15-14-8-10-4-5-11-3-2-6-13-12(11)7-10;1-2-6-9-8(4-1)5-3-7-10-9/h2-8H,9H2,1H3;1-7H. The summed E-state index contributed by atoms with van der Waals surface area (Å²) in [4.78, 5) is 13.5. The smallest absolute Gasteiger partial charge is 0.162 e. The molecule has 0 aliphatic rings. The van der Waals surface area contributed by atoms with Crippen LogP contribution >= 0.6 is 11.8 Å². The Morgan fingerprint density at radius 2 is 1.58 bits per heavy atom. The third-order valence-electron chi connectivity index (χ3n) is 3.59. The minimum atomic E-state index is 0.572. The van der Waals surface area contributed by atoms with Gasteiger partial charge in [-0.25, -0.2) is 0 Å². The molecular weight excluding hydrogens is 342 g/mol. The summed E-state index contributed by atoms with van der Waals surface area (Å²) in [5, 5.41) is 6.19. The molecule has 0 saturated carbocycles. The van der Waals surface area contributed by atoms with E-state index >= 15 is 0 Å². The number of para-hydroxylation sites is 1. The Morgan fingerprint density at radius 1 is 0.885 bits per heavy atom. The highest BCUT2D eigenvalue weighted by Crippen LogP contribution is 2.12. The van der Waals surface area contributed by atoms with Gasteiger partial charge in [-0.1, -0.05) is 47.6 Å². The molecule has 0 bridgehead atoms. The number of hydrogen-bond acceptors (Lipinski definition) is 5. The molecule has 0 N–H and O–H groups in total.